The average Bonchev–Trinajstić information content (AvgIpc) is 2.77. The van der Waals surface area contributed by atoms with E-state index in [1.54, 1.807) is 0 Å². The molecule has 7 nitrogen and oxygen atoms in total. The molecule has 1 unspecified atom stereocenters. The summed E-state index contributed by atoms with van der Waals surface area (Å²) in [7, 11) is 0. The number of likely N-dealkylation sites (tertiary alicyclic amines) is 1. The minimum absolute atomic E-state index is 0.0114. The summed E-state index contributed by atoms with van der Waals surface area (Å²) < 4.78 is 78.4. The van der Waals surface area contributed by atoms with Gasteiger partial charge in [0.05, 0.1) is 0 Å². The van der Waals surface area contributed by atoms with Crippen LogP contribution in [0.1, 0.15) is 34.7 Å². The molecular weight excluding hydrogens is 458 g/mol. The summed E-state index contributed by atoms with van der Waals surface area (Å²) in [5.41, 5.74) is 5.71. The van der Waals surface area contributed by atoms with E-state index in [0.717, 1.165) is 18.3 Å². The molecule has 180 valence electrons. The summed E-state index contributed by atoms with van der Waals surface area (Å²) >= 11 is 0. The van der Waals surface area contributed by atoms with Crippen molar-refractivity contribution in [2.24, 2.45) is 11.7 Å². The second-order valence-corrected chi connectivity index (χ2v) is 7.22. The molecule has 0 spiro atoms. The van der Waals surface area contributed by atoms with Crippen molar-refractivity contribution in [1.82, 2.24) is 14.9 Å². The Morgan fingerprint density at radius 3 is 2.33 bits per heavy atom. The quantitative estimate of drug-likeness (QED) is 0.397. The molecule has 1 saturated heterocycles. The molecule has 0 saturated carbocycles. The van der Waals surface area contributed by atoms with Gasteiger partial charge in [0, 0.05) is 31.4 Å². The van der Waals surface area contributed by atoms with Crippen molar-refractivity contribution >= 4 is 12.4 Å². The molecule has 13 heteroatoms. The van der Waals surface area contributed by atoms with Crippen LogP contribution >= 0.6 is 0 Å². The molecular formula is C20H20F6N4O3. The van der Waals surface area contributed by atoms with Gasteiger partial charge in [0.2, 0.25) is 5.82 Å². The Morgan fingerprint density at radius 1 is 1.18 bits per heavy atom. The maximum absolute atomic E-state index is 13.8. The van der Waals surface area contributed by atoms with Crippen molar-refractivity contribution in [2.75, 3.05) is 13.1 Å². The van der Waals surface area contributed by atoms with Gasteiger partial charge in [0.1, 0.15) is 11.5 Å². The predicted molar refractivity (Wildman–Crippen MR) is 102 cm³/mol. The molecule has 1 amide bonds. The third-order valence-corrected chi connectivity index (χ3v) is 5.11. The summed E-state index contributed by atoms with van der Waals surface area (Å²) in [6.45, 7) is 0.200. The Bertz CT molecular complexity index is 981. The number of carboxylic acid groups (broad SMARTS) is 1. The van der Waals surface area contributed by atoms with Crippen molar-refractivity contribution < 1.29 is 41.0 Å². The molecule has 1 aliphatic heterocycles. The number of halogens is 6. The van der Waals surface area contributed by atoms with E-state index in [4.69, 9.17) is 15.6 Å². The summed E-state index contributed by atoms with van der Waals surface area (Å²) in [6, 6.07) is 1.80. The van der Waals surface area contributed by atoms with Crippen molar-refractivity contribution in [1.29, 1.82) is 0 Å². The van der Waals surface area contributed by atoms with E-state index in [9.17, 15) is 31.1 Å². The number of carbonyl (C=O) groups is 2. The number of piperidine rings is 1. The lowest BCUT2D eigenvalue weighted by molar-refractivity contribution is -0.145. The number of nitrogens with two attached hydrogens (primary N) is 1. The van der Waals surface area contributed by atoms with E-state index in [-0.39, 0.29) is 43.2 Å². The van der Waals surface area contributed by atoms with E-state index in [2.05, 4.69) is 9.97 Å². The summed E-state index contributed by atoms with van der Waals surface area (Å²) in [5, 5.41) is 6.89. The highest BCUT2D eigenvalue weighted by atomic mass is 19.4. The molecule has 0 radical (unpaired) electrons. The Labute approximate surface area is 184 Å². The number of aromatic nitrogens is 2. The van der Waals surface area contributed by atoms with Crippen LogP contribution in [0.25, 0.3) is 0 Å². The van der Waals surface area contributed by atoms with Gasteiger partial charge in [-0.15, -0.1) is 0 Å². The van der Waals surface area contributed by atoms with Crippen LogP contribution in [0.15, 0.2) is 24.4 Å². The van der Waals surface area contributed by atoms with Gasteiger partial charge in [-0.25, -0.2) is 23.1 Å². The zero-order valence-electron chi connectivity index (χ0n) is 17.0. The molecule has 1 aromatic carbocycles. The zero-order chi connectivity index (χ0) is 24.8. The molecule has 33 heavy (non-hydrogen) atoms. The number of rotatable bonds is 4. The van der Waals surface area contributed by atoms with Gasteiger partial charge < -0.3 is 15.7 Å². The maximum Gasteiger partial charge on any atom is 0.451 e. The number of hydrogen-bond acceptors (Lipinski definition) is 5. The smallest absolute Gasteiger partial charge is 0.451 e. The van der Waals surface area contributed by atoms with Crippen LogP contribution in [0.5, 0.6) is 0 Å². The van der Waals surface area contributed by atoms with E-state index >= 15 is 0 Å². The fraction of sp³-hybridized carbons (Fsp3) is 0.400. The van der Waals surface area contributed by atoms with E-state index in [0.29, 0.717) is 18.9 Å². The first-order valence-corrected chi connectivity index (χ1v) is 9.64. The van der Waals surface area contributed by atoms with Gasteiger partial charge in [0.15, 0.2) is 11.6 Å². The second-order valence-electron chi connectivity index (χ2n) is 7.22. The molecule has 1 aromatic heterocycles. The summed E-state index contributed by atoms with van der Waals surface area (Å²) in [6.07, 6.45) is -3.04. The number of carbonyl (C=O) groups excluding carboxylic acids is 1. The number of benzene rings is 1. The molecule has 3 rings (SSSR count). The minimum atomic E-state index is -4.76. The SMILES string of the molecule is NC(Cc1cc(F)c(F)cc1F)C1CCN(C(=O)c2ccnc(C(F)(F)F)n2)CC1.O=CO. The molecule has 2 heterocycles. The highest BCUT2D eigenvalue weighted by Gasteiger charge is 2.36. The monoisotopic (exact) mass is 478 g/mol. The van der Waals surface area contributed by atoms with Crippen LogP contribution in [0.4, 0.5) is 26.3 Å². The first kappa shape index (κ1) is 26.0. The molecule has 1 aliphatic rings. The third-order valence-electron chi connectivity index (χ3n) is 5.11. The lowest BCUT2D eigenvalue weighted by Gasteiger charge is -2.34. The Balaban J connectivity index is 0.00000122. The first-order chi connectivity index (χ1) is 15.5. The lowest BCUT2D eigenvalue weighted by Crippen LogP contribution is -2.44. The largest absolute Gasteiger partial charge is 0.483 e. The molecule has 3 N–H and O–H groups in total. The predicted octanol–water partition coefficient (Wildman–Crippen LogP) is 3.04. The number of nitrogens with zero attached hydrogens (tertiary/aromatic N) is 3. The van der Waals surface area contributed by atoms with E-state index in [1.165, 1.54) is 4.90 Å². The molecule has 1 fully saturated rings. The lowest BCUT2D eigenvalue weighted by atomic mass is 9.86. The van der Waals surface area contributed by atoms with Crippen LogP contribution in [-0.2, 0) is 17.4 Å². The van der Waals surface area contributed by atoms with Gasteiger partial charge in [-0.1, -0.05) is 0 Å². The molecule has 0 bridgehead atoms. The number of amides is 1. The van der Waals surface area contributed by atoms with Gasteiger partial charge in [-0.3, -0.25) is 9.59 Å². The zero-order valence-corrected chi connectivity index (χ0v) is 17.0. The first-order valence-electron chi connectivity index (χ1n) is 9.64. The molecule has 0 aliphatic carbocycles. The normalized spacial score (nSPS) is 15.4. The van der Waals surface area contributed by atoms with Crippen LogP contribution in [0.3, 0.4) is 0 Å². The van der Waals surface area contributed by atoms with E-state index < -0.39 is 41.4 Å². The number of alkyl halides is 3. The molecule has 2 aromatic rings. The Hall–Kier alpha value is -3.22. The third kappa shape index (κ3) is 6.88. The Morgan fingerprint density at radius 2 is 1.76 bits per heavy atom. The van der Waals surface area contributed by atoms with Crippen LogP contribution < -0.4 is 5.73 Å². The van der Waals surface area contributed by atoms with E-state index in [1.807, 2.05) is 0 Å². The molecule has 1 atom stereocenters. The van der Waals surface area contributed by atoms with Crippen LogP contribution in [0, 0.1) is 23.4 Å². The topological polar surface area (TPSA) is 109 Å². The maximum atomic E-state index is 13.8. The van der Waals surface area contributed by atoms with Crippen LogP contribution in [0.2, 0.25) is 0 Å². The fourth-order valence-electron chi connectivity index (χ4n) is 3.45. The highest BCUT2D eigenvalue weighted by molar-refractivity contribution is 5.92. The number of hydrogen-bond donors (Lipinski definition) is 2. The minimum Gasteiger partial charge on any atom is -0.483 e. The fourth-order valence-corrected chi connectivity index (χ4v) is 3.45. The van der Waals surface area contributed by atoms with Crippen molar-refractivity contribution in [3.63, 3.8) is 0 Å². The Kier molecular flexibility index (Phi) is 8.74. The second kappa shape index (κ2) is 11.1. The highest BCUT2D eigenvalue weighted by Crippen LogP contribution is 2.27. The summed E-state index contributed by atoms with van der Waals surface area (Å²) in [4.78, 5) is 28.6. The van der Waals surface area contributed by atoms with Crippen molar-refractivity contribution in [3.05, 3.63) is 58.9 Å². The van der Waals surface area contributed by atoms with Gasteiger partial charge in [0.25, 0.3) is 12.4 Å². The van der Waals surface area contributed by atoms with Gasteiger partial charge >= 0.3 is 6.18 Å². The van der Waals surface area contributed by atoms with Gasteiger partial charge in [-0.05, 0) is 42.9 Å². The standard InChI is InChI=1S/C19H18F6N4O.CH2O2/c20-12-9-14(22)13(21)7-11(12)8-15(26)10-2-5-29(6-3-10)17(30)16-1-4-27-18(28-16)19(23,24)25;2-1-3/h1,4,7,9-10,15H,2-3,5-6,8,26H2;1H,(H,2,3). The average molecular weight is 478 g/mol. The summed E-state index contributed by atoms with van der Waals surface area (Å²) in [5.74, 6) is -5.50. The van der Waals surface area contributed by atoms with Crippen molar-refractivity contribution in [3.8, 4) is 0 Å². The van der Waals surface area contributed by atoms with Gasteiger partial charge in [-0.2, -0.15) is 13.2 Å². The van der Waals surface area contributed by atoms with Crippen LogP contribution in [-0.4, -0.2) is 51.5 Å². The van der Waals surface area contributed by atoms with Crippen molar-refractivity contribution in [2.45, 2.75) is 31.5 Å².